The van der Waals surface area contributed by atoms with Crippen LogP contribution in [0.4, 0.5) is 5.69 Å². The number of aliphatic carboxylic acids is 1. The highest BCUT2D eigenvalue weighted by Gasteiger charge is 2.48. The molecule has 4 heteroatoms. The van der Waals surface area contributed by atoms with Gasteiger partial charge >= 0.3 is 5.97 Å². The SMILES string of the molecule is O=C(O)[C@H]1C[C@H]1C(=O)Nc1cccc2ccccc12. The molecule has 1 saturated carbocycles. The highest BCUT2D eigenvalue weighted by Crippen LogP contribution is 2.39. The Morgan fingerprint density at radius 3 is 2.53 bits per heavy atom. The number of anilines is 1. The second-order valence-electron chi connectivity index (χ2n) is 4.80. The molecule has 1 fully saturated rings. The highest BCUT2D eigenvalue weighted by atomic mass is 16.4. The van der Waals surface area contributed by atoms with Crippen molar-refractivity contribution in [1.82, 2.24) is 0 Å². The van der Waals surface area contributed by atoms with E-state index in [0.29, 0.717) is 6.42 Å². The number of amides is 1. The number of fused-ring (bicyclic) bond motifs is 1. The fourth-order valence-corrected chi connectivity index (χ4v) is 2.32. The molecule has 1 aliphatic carbocycles. The van der Waals surface area contributed by atoms with E-state index in [1.54, 1.807) is 0 Å². The minimum Gasteiger partial charge on any atom is -0.481 e. The van der Waals surface area contributed by atoms with Crippen molar-refractivity contribution >= 4 is 28.3 Å². The van der Waals surface area contributed by atoms with Crippen molar-refractivity contribution < 1.29 is 14.7 Å². The highest BCUT2D eigenvalue weighted by molar-refractivity contribution is 6.04. The fourth-order valence-electron chi connectivity index (χ4n) is 2.32. The maximum atomic E-state index is 12.0. The standard InChI is InChI=1S/C15H13NO3/c17-14(11-8-12(11)15(18)19)16-13-7-3-5-9-4-1-2-6-10(9)13/h1-7,11-12H,8H2,(H,16,17)(H,18,19)/t11-,12+/m1/s1. The Balaban J connectivity index is 1.83. The summed E-state index contributed by atoms with van der Waals surface area (Å²) in [7, 11) is 0. The molecule has 0 bridgehead atoms. The Hall–Kier alpha value is -2.36. The van der Waals surface area contributed by atoms with Gasteiger partial charge in [0.15, 0.2) is 0 Å². The summed E-state index contributed by atoms with van der Waals surface area (Å²) >= 11 is 0. The van der Waals surface area contributed by atoms with Gasteiger partial charge in [0.2, 0.25) is 5.91 Å². The number of carboxylic acids is 1. The molecule has 96 valence electrons. The average Bonchev–Trinajstić information content (AvgIpc) is 3.19. The lowest BCUT2D eigenvalue weighted by atomic mass is 10.1. The number of nitrogens with one attached hydrogen (secondary N) is 1. The Bertz CT molecular complexity index is 660. The molecule has 1 amide bonds. The van der Waals surface area contributed by atoms with Crippen molar-refractivity contribution in [2.45, 2.75) is 6.42 Å². The van der Waals surface area contributed by atoms with Gasteiger partial charge in [-0.05, 0) is 17.9 Å². The van der Waals surface area contributed by atoms with Crippen LogP contribution in [-0.4, -0.2) is 17.0 Å². The summed E-state index contributed by atoms with van der Waals surface area (Å²) < 4.78 is 0. The zero-order chi connectivity index (χ0) is 13.4. The number of hydrogen-bond acceptors (Lipinski definition) is 2. The van der Waals surface area contributed by atoms with E-state index in [2.05, 4.69) is 5.32 Å². The number of carboxylic acid groups (broad SMARTS) is 1. The van der Waals surface area contributed by atoms with Gasteiger partial charge in [-0.25, -0.2) is 0 Å². The molecule has 0 spiro atoms. The molecule has 0 heterocycles. The van der Waals surface area contributed by atoms with E-state index < -0.39 is 17.8 Å². The monoisotopic (exact) mass is 255 g/mol. The maximum absolute atomic E-state index is 12.0. The summed E-state index contributed by atoms with van der Waals surface area (Å²) in [6.07, 6.45) is 0.436. The molecule has 0 radical (unpaired) electrons. The van der Waals surface area contributed by atoms with Crippen LogP contribution in [0.15, 0.2) is 42.5 Å². The minimum atomic E-state index is -0.891. The number of carbonyl (C=O) groups excluding carboxylic acids is 1. The Morgan fingerprint density at radius 1 is 1.05 bits per heavy atom. The third-order valence-corrected chi connectivity index (χ3v) is 3.49. The van der Waals surface area contributed by atoms with E-state index in [-0.39, 0.29) is 5.91 Å². The Morgan fingerprint density at radius 2 is 1.79 bits per heavy atom. The van der Waals surface area contributed by atoms with Crippen molar-refractivity contribution in [3.05, 3.63) is 42.5 Å². The molecule has 0 unspecified atom stereocenters. The number of hydrogen-bond donors (Lipinski definition) is 2. The zero-order valence-corrected chi connectivity index (χ0v) is 10.2. The smallest absolute Gasteiger partial charge is 0.307 e. The normalized spacial score (nSPS) is 21.1. The lowest BCUT2D eigenvalue weighted by Gasteiger charge is -2.08. The van der Waals surface area contributed by atoms with Crippen molar-refractivity contribution in [3.8, 4) is 0 Å². The minimum absolute atomic E-state index is 0.205. The first-order valence-corrected chi connectivity index (χ1v) is 6.18. The predicted octanol–water partition coefficient (Wildman–Crippen LogP) is 2.50. The van der Waals surface area contributed by atoms with Gasteiger partial charge in [-0.15, -0.1) is 0 Å². The molecule has 2 atom stereocenters. The molecule has 2 N–H and O–H groups in total. The zero-order valence-electron chi connectivity index (χ0n) is 10.2. The molecular formula is C15H13NO3. The van der Waals surface area contributed by atoms with Crippen LogP contribution in [0.2, 0.25) is 0 Å². The van der Waals surface area contributed by atoms with Crippen molar-refractivity contribution in [1.29, 1.82) is 0 Å². The van der Waals surface area contributed by atoms with Gasteiger partial charge in [0, 0.05) is 11.1 Å². The van der Waals surface area contributed by atoms with E-state index in [1.807, 2.05) is 42.5 Å². The molecule has 1 aliphatic rings. The molecule has 0 aliphatic heterocycles. The van der Waals surface area contributed by atoms with Crippen molar-refractivity contribution in [2.24, 2.45) is 11.8 Å². The van der Waals surface area contributed by atoms with Gasteiger partial charge in [0.05, 0.1) is 11.8 Å². The summed E-state index contributed by atoms with van der Waals surface area (Å²) in [5, 5.41) is 13.7. The van der Waals surface area contributed by atoms with Gasteiger partial charge in [-0.1, -0.05) is 36.4 Å². The van der Waals surface area contributed by atoms with Gasteiger partial charge in [0.1, 0.15) is 0 Å². The summed E-state index contributed by atoms with van der Waals surface area (Å²) in [5.74, 6) is -2.01. The average molecular weight is 255 g/mol. The topological polar surface area (TPSA) is 66.4 Å². The van der Waals surface area contributed by atoms with Gasteiger partial charge in [-0.3, -0.25) is 9.59 Å². The van der Waals surface area contributed by atoms with E-state index in [9.17, 15) is 9.59 Å². The van der Waals surface area contributed by atoms with Crippen LogP contribution in [0.5, 0.6) is 0 Å². The van der Waals surface area contributed by atoms with Crippen molar-refractivity contribution in [3.63, 3.8) is 0 Å². The summed E-state index contributed by atoms with van der Waals surface area (Å²) in [4.78, 5) is 22.7. The maximum Gasteiger partial charge on any atom is 0.307 e. The lowest BCUT2D eigenvalue weighted by molar-refractivity contribution is -0.139. The van der Waals surface area contributed by atoms with E-state index in [1.165, 1.54) is 0 Å². The largest absolute Gasteiger partial charge is 0.481 e. The van der Waals surface area contributed by atoms with E-state index in [0.717, 1.165) is 16.5 Å². The molecule has 3 rings (SSSR count). The van der Waals surface area contributed by atoms with Crippen LogP contribution in [-0.2, 0) is 9.59 Å². The first-order valence-electron chi connectivity index (χ1n) is 6.18. The molecule has 4 nitrogen and oxygen atoms in total. The predicted molar refractivity (Wildman–Crippen MR) is 71.8 cm³/mol. The van der Waals surface area contributed by atoms with Gasteiger partial charge < -0.3 is 10.4 Å². The first-order chi connectivity index (χ1) is 9.16. The summed E-state index contributed by atoms with van der Waals surface area (Å²) in [6, 6.07) is 13.4. The van der Waals surface area contributed by atoms with Crippen LogP contribution in [0.25, 0.3) is 10.8 Å². The Labute approximate surface area is 110 Å². The molecule has 0 saturated heterocycles. The fraction of sp³-hybridized carbons (Fsp3) is 0.200. The number of carbonyl (C=O) groups is 2. The van der Waals surface area contributed by atoms with Crippen molar-refractivity contribution in [2.75, 3.05) is 5.32 Å². The third-order valence-electron chi connectivity index (χ3n) is 3.49. The van der Waals surface area contributed by atoms with Crippen LogP contribution in [0.3, 0.4) is 0 Å². The van der Waals surface area contributed by atoms with E-state index in [4.69, 9.17) is 5.11 Å². The number of rotatable bonds is 3. The molecule has 19 heavy (non-hydrogen) atoms. The summed E-state index contributed by atoms with van der Waals surface area (Å²) in [6.45, 7) is 0. The van der Waals surface area contributed by atoms with E-state index >= 15 is 0 Å². The van der Waals surface area contributed by atoms with Gasteiger partial charge in [0.25, 0.3) is 0 Å². The van der Waals surface area contributed by atoms with Gasteiger partial charge in [-0.2, -0.15) is 0 Å². The quantitative estimate of drug-likeness (QED) is 0.885. The molecule has 2 aromatic rings. The Kier molecular flexibility index (Phi) is 2.71. The molecule has 0 aromatic heterocycles. The van der Waals surface area contributed by atoms with Crippen LogP contribution in [0.1, 0.15) is 6.42 Å². The second kappa shape index (κ2) is 4.39. The summed E-state index contributed by atoms with van der Waals surface area (Å²) in [5.41, 5.74) is 0.735. The van der Waals surface area contributed by atoms with Crippen LogP contribution in [0, 0.1) is 11.8 Å². The second-order valence-corrected chi connectivity index (χ2v) is 4.80. The molecular weight excluding hydrogens is 242 g/mol. The first kappa shape index (κ1) is 11.7. The lowest BCUT2D eigenvalue weighted by Crippen LogP contribution is -2.16. The number of benzene rings is 2. The van der Waals surface area contributed by atoms with Crippen LogP contribution >= 0.6 is 0 Å². The molecule has 2 aromatic carbocycles. The van der Waals surface area contributed by atoms with Crippen LogP contribution < -0.4 is 5.32 Å². The third kappa shape index (κ3) is 2.17.